The van der Waals surface area contributed by atoms with E-state index in [9.17, 15) is 5.11 Å². The third kappa shape index (κ3) is 3.12. The Hall–Kier alpha value is -2.17. The molecule has 1 atom stereocenters. The van der Waals surface area contributed by atoms with Gasteiger partial charge in [-0.05, 0) is 29.8 Å². The molecule has 21 heavy (non-hydrogen) atoms. The molecule has 0 aliphatic heterocycles. The second kappa shape index (κ2) is 6.08. The molecule has 0 radical (unpaired) electrons. The van der Waals surface area contributed by atoms with Crippen molar-refractivity contribution in [3.63, 3.8) is 0 Å². The quantitative estimate of drug-likeness (QED) is 0.805. The molecule has 0 aliphatic rings. The third-order valence-electron chi connectivity index (χ3n) is 3.24. The highest BCUT2D eigenvalue weighted by atomic mass is 35.5. The topological polar surface area (TPSA) is 50.9 Å². The molecule has 0 fully saturated rings. The van der Waals surface area contributed by atoms with E-state index in [1.54, 1.807) is 10.9 Å². The summed E-state index contributed by atoms with van der Waals surface area (Å²) in [6.07, 6.45) is 1.35. The monoisotopic (exact) mass is 299 g/mol. The average Bonchev–Trinajstić information content (AvgIpc) is 2.98. The Morgan fingerprint density at radius 3 is 2.67 bits per heavy atom. The summed E-state index contributed by atoms with van der Waals surface area (Å²) >= 11 is 5.97. The van der Waals surface area contributed by atoms with Crippen LogP contribution in [-0.2, 0) is 6.42 Å². The van der Waals surface area contributed by atoms with Gasteiger partial charge in [-0.25, -0.2) is 4.68 Å². The molecule has 1 aromatic heterocycles. The van der Waals surface area contributed by atoms with Crippen molar-refractivity contribution in [2.75, 3.05) is 0 Å². The Kier molecular flexibility index (Phi) is 3.99. The van der Waals surface area contributed by atoms with Crippen LogP contribution in [0.25, 0.3) is 5.69 Å². The number of aliphatic hydroxyl groups is 1. The molecule has 2 aromatic carbocycles. The maximum absolute atomic E-state index is 10.5. The summed E-state index contributed by atoms with van der Waals surface area (Å²) in [6, 6.07) is 17.1. The van der Waals surface area contributed by atoms with Crippen LogP contribution in [0.1, 0.15) is 17.4 Å². The van der Waals surface area contributed by atoms with E-state index in [0.29, 0.717) is 17.1 Å². The molecule has 0 aliphatic carbocycles. The van der Waals surface area contributed by atoms with Crippen LogP contribution in [-0.4, -0.2) is 20.1 Å². The summed E-state index contributed by atoms with van der Waals surface area (Å²) in [6.45, 7) is 0. The van der Waals surface area contributed by atoms with Crippen LogP contribution in [0, 0.1) is 0 Å². The van der Waals surface area contributed by atoms with Gasteiger partial charge in [0.2, 0.25) is 0 Å². The zero-order valence-corrected chi connectivity index (χ0v) is 12.0. The lowest BCUT2D eigenvalue weighted by Gasteiger charge is -2.12. The first-order chi connectivity index (χ1) is 10.2. The highest BCUT2D eigenvalue weighted by Crippen LogP contribution is 2.21. The van der Waals surface area contributed by atoms with Crippen LogP contribution < -0.4 is 0 Å². The van der Waals surface area contributed by atoms with Gasteiger partial charge >= 0.3 is 0 Å². The maximum atomic E-state index is 10.5. The lowest BCUT2D eigenvalue weighted by molar-refractivity contribution is 0.170. The number of aliphatic hydroxyl groups excluding tert-OH is 1. The van der Waals surface area contributed by atoms with Crippen LogP contribution in [0.3, 0.4) is 0 Å². The van der Waals surface area contributed by atoms with Gasteiger partial charge in [0.05, 0.1) is 17.6 Å². The number of nitrogens with zero attached hydrogens (tertiary/aromatic N) is 3. The predicted molar refractivity (Wildman–Crippen MR) is 81.5 cm³/mol. The fourth-order valence-electron chi connectivity index (χ4n) is 2.23. The van der Waals surface area contributed by atoms with Crippen LogP contribution >= 0.6 is 11.6 Å². The van der Waals surface area contributed by atoms with Crippen molar-refractivity contribution in [1.29, 1.82) is 0 Å². The second-order valence-corrected chi connectivity index (χ2v) is 5.19. The molecule has 106 valence electrons. The largest absolute Gasteiger partial charge is 0.386 e. The minimum absolute atomic E-state index is 0.459. The zero-order chi connectivity index (χ0) is 14.7. The first-order valence-corrected chi connectivity index (χ1v) is 7.00. The number of halogens is 1. The van der Waals surface area contributed by atoms with Crippen LogP contribution in [0.15, 0.2) is 60.8 Å². The highest BCUT2D eigenvalue weighted by molar-refractivity contribution is 6.30. The Bertz CT molecular complexity index is 727. The molecule has 3 aromatic rings. The predicted octanol–water partition coefficient (Wildman–Crippen LogP) is 3.20. The number of rotatable bonds is 4. The van der Waals surface area contributed by atoms with Gasteiger partial charge < -0.3 is 5.11 Å². The zero-order valence-electron chi connectivity index (χ0n) is 11.2. The van der Waals surface area contributed by atoms with Crippen LogP contribution in [0.5, 0.6) is 0 Å². The number of benzene rings is 2. The minimum Gasteiger partial charge on any atom is -0.386 e. The van der Waals surface area contributed by atoms with Crippen molar-refractivity contribution in [1.82, 2.24) is 15.0 Å². The fourth-order valence-corrected chi connectivity index (χ4v) is 2.44. The molecule has 0 spiro atoms. The van der Waals surface area contributed by atoms with Crippen molar-refractivity contribution in [2.45, 2.75) is 12.5 Å². The number of hydrogen-bond acceptors (Lipinski definition) is 3. The molecular weight excluding hydrogens is 286 g/mol. The number of hydrogen-bond donors (Lipinski definition) is 1. The van der Waals surface area contributed by atoms with Crippen molar-refractivity contribution in [2.24, 2.45) is 0 Å². The first-order valence-electron chi connectivity index (χ1n) is 6.62. The Morgan fingerprint density at radius 2 is 1.90 bits per heavy atom. The van der Waals surface area contributed by atoms with Gasteiger partial charge in [-0.1, -0.05) is 47.1 Å². The molecule has 1 N–H and O–H groups in total. The summed E-state index contributed by atoms with van der Waals surface area (Å²) in [5.41, 5.74) is 2.49. The second-order valence-electron chi connectivity index (χ2n) is 4.76. The molecular formula is C16H14ClN3O. The van der Waals surface area contributed by atoms with Crippen molar-refractivity contribution >= 4 is 11.6 Å². The van der Waals surface area contributed by atoms with Crippen molar-refractivity contribution < 1.29 is 5.11 Å². The average molecular weight is 300 g/mol. The fraction of sp³-hybridized carbons (Fsp3) is 0.125. The lowest BCUT2D eigenvalue weighted by atomic mass is 10.1. The van der Waals surface area contributed by atoms with E-state index in [4.69, 9.17) is 11.6 Å². The molecule has 1 unspecified atom stereocenters. The molecule has 3 rings (SSSR count). The minimum atomic E-state index is -0.696. The molecule has 5 heteroatoms. The molecule has 4 nitrogen and oxygen atoms in total. The van der Waals surface area contributed by atoms with Crippen molar-refractivity contribution in [3.8, 4) is 5.69 Å². The lowest BCUT2D eigenvalue weighted by Crippen LogP contribution is -2.09. The molecule has 0 saturated carbocycles. The van der Waals surface area contributed by atoms with Gasteiger partial charge in [0, 0.05) is 11.4 Å². The summed E-state index contributed by atoms with van der Waals surface area (Å²) < 4.78 is 1.65. The molecule has 0 amide bonds. The van der Waals surface area contributed by atoms with E-state index in [1.807, 2.05) is 54.6 Å². The Balaban J connectivity index is 1.86. The summed E-state index contributed by atoms with van der Waals surface area (Å²) in [7, 11) is 0. The van der Waals surface area contributed by atoms with E-state index >= 15 is 0 Å². The van der Waals surface area contributed by atoms with E-state index in [-0.39, 0.29) is 0 Å². The smallest absolute Gasteiger partial charge is 0.102 e. The molecule has 1 heterocycles. The summed E-state index contributed by atoms with van der Waals surface area (Å²) in [5, 5.41) is 19.1. The van der Waals surface area contributed by atoms with Gasteiger partial charge in [0.15, 0.2) is 0 Å². The molecule has 0 bridgehead atoms. The van der Waals surface area contributed by atoms with Gasteiger partial charge in [-0.2, -0.15) is 0 Å². The summed E-state index contributed by atoms with van der Waals surface area (Å²) in [5.74, 6) is 0. The number of aromatic nitrogens is 3. The standard InChI is InChI=1S/C16H14ClN3O/c17-13-6-4-5-12(9-13)10-16(21)15-11-18-19-20(15)14-7-2-1-3-8-14/h1-9,11,16,21H,10H2. The van der Waals surface area contributed by atoms with E-state index in [0.717, 1.165) is 11.3 Å². The molecule has 0 saturated heterocycles. The van der Waals surface area contributed by atoms with Gasteiger partial charge in [0.1, 0.15) is 6.10 Å². The third-order valence-corrected chi connectivity index (χ3v) is 3.47. The van der Waals surface area contributed by atoms with Gasteiger partial charge in [-0.3, -0.25) is 0 Å². The number of para-hydroxylation sites is 1. The van der Waals surface area contributed by atoms with Crippen LogP contribution in [0.4, 0.5) is 0 Å². The van der Waals surface area contributed by atoms with Crippen molar-refractivity contribution in [3.05, 3.63) is 77.1 Å². The Labute approximate surface area is 127 Å². The maximum Gasteiger partial charge on any atom is 0.102 e. The van der Waals surface area contributed by atoms with E-state index in [2.05, 4.69) is 10.3 Å². The van der Waals surface area contributed by atoms with E-state index in [1.165, 1.54) is 0 Å². The van der Waals surface area contributed by atoms with Gasteiger partial charge in [-0.15, -0.1) is 5.10 Å². The first kappa shape index (κ1) is 13.8. The summed E-state index contributed by atoms with van der Waals surface area (Å²) in [4.78, 5) is 0. The normalized spacial score (nSPS) is 12.3. The Morgan fingerprint density at radius 1 is 1.10 bits per heavy atom. The van der Waals surface area contributed by atoms with E-state index < -0.39 is 6.10 Å². The highest BCUT2D eigenvalue weighted by Gasteiger charge is 2.16. The van der Waals surface area contributed by atoms with Gasteiger partial charge in [0.25, 0.3) is 0 Å². The van der Waals surface area contributed by atoms with Crippen LogP contribution in [0.2, 0.25) is 5.02 Å². The SMILES string of the molecule is OC(Cc1cccc(Cl)c1)c1cnnn1-c1ccccc1.